The molecule has 1 aromatic heterocycles. The van der Waals surface area contributed by atoms with Crippen molar-refractivity contribution in [3.8, 4) is 5.75 Å². The molecule has 0 amide bonds. The van der Waals surface area contributed by atoms with Crippen LogP contribution in [0.3, 0.4) is 0 Å². The lowest BCUT2D eigenvalue weighted by Crippen LogP contribution is -1.99. The topological polar surface area (TPSA) is 22.1 Å². The van der Waals surface area contributed by atoms with Crippen molar-refractivity contribution < 1.29 is 13.5 Å². The highest BCUT2D eigenvalue weighted by Gasteiger charge is 2.19. The van der Waals surface area contributed by atoms with Crippen LogP contribution in [0.2, 0.25) is 5.15 Å². The number of hydrogen-bond donors (Lipinski definition) is 0. The molecule has 0 saturated carbocycles. The molecule has 0 unspecified atom stereocenters. The van der Waals surface area contributed by atoms with Crippen molar-refractivity contribution in [3.63, 3.8) is 0 Å². The van der Waals surface area contributed by atoms with Gasteiger partial charge in [0.1, 0.15) is 10.9 Å². The lowest BCUT2D eigenvalue weighted by Gasteiger charge is -2.11. The zero-order valence-corrected chi connectivity index (χ0v) is 9.57. The minimum Gasteiger partial charge on any atom is -0.496 e. The van der Waals surface area contributed by atoms with Crippen molar-refractivity contribution in [2.45, 2.75) is 11.8 Å². The molecule has 1 rings (SSSR count). The Bertz CT molecular complexity index is 335. The molecule has 0 spiro atoms. The van der Waals surface area contributed by atoms with Crippen molar-refractivity contribution in [1.29, 1.82) is 0 Å². The SMILES string of the molecule is COc1c(C(F)F)cnc(Cl)c1CBr. The summed E-state index contributed by atoms with van der Waals surface area (Å²) in [4.78, 5) is 3.66. The van der Waals surface area contributed by atoms with E-state index >= 15 is 0 Å². The van der Waals surface area contributed by atoms with Crippen molar-refractivity contribution in [2.24, 2.45) is 0 Å². The van der Waals surface area contributed by atoms with E-state index in [1.807, 2.05) is 0 Å². The van der Waals surface area contributed by atoms with Gasteiger partial charge < -0.3 is 4.74 Å². The van der Waals surface area contributed by atoms with Crippen molar-refractivity contribution in [3.05, 3.63) is 22.5 Å². The van der Waals surface area contributed by atoms with Crippen LogP contribution < -0.4 is 4.74 Å². The molecule has 2 nitrogen and oxygen atoms in total. The fourth-order valence-electron chi connectivity index (χ4n) is 1.04. The molecule has 0 saturated heterocycles. The van der Waals surface area contributed by atoms with Gasteiger partial charge >= 0.3 is 0 Å². The number of ether oxygens (including phenoxy) is 1. The quantitative estimate of drug-likeness (QED) is 0.626. The van der Waals surface area contributed by atoms with Crippen molar-refractivity contribution in [2.75, 3.05) is 7.11 Å². The van der Waals surface area contributed by atoms with Gasteiger partial charge in [-0.25, -0.2) is 13.8 Å². The second-order valence-corrected chi connectivity index (χ2v) is 3.37. The van der Waals surface area contributed by atoms with E-state index in [4.69, 9.17) is 16.3 Å². The molecule has 0 bridgehead atoms. The third-order valence-corrected chi connectivity index (χ3v) is 2.56. The van der Waals surface area contributed by atoms with E-state index in [9.17, 15) is 8.78 Å². The highest BCUT2D eigenvalue weighted by molar-refractivity contribution is 9.08. The van der Waals surface area contributed by atoms with Gasteiger partial charge in [-0.05, 0) is 0 Å². The Morgan fingerprint density at radius 3 is 2.71 bits per heavy atom. The fraction of sp³-hybridized carbons (Fsp3) is 0.375. The standard InChI is InChI=1S/C8H7BrClF2NO/c1-14-6-4(2-9)7(10)13-3-5(6)8(11)12/h3,8H,2H2,1H3. The number of pyridine rings is 1. The van der Waals surface area contributed by atoms with Gasteiger partial charge in [0.15, 0.2) is 0 Å². The summed E-state index contributed by atoms with van der Waals surface area (Å²) in [7, 11) is 1.32. The highest BCUT2D eigenvalue weighted by Crippen LogP contribution is 2.35. The van der Waals surface area contributed by atoms with Gasteiger partial charge in [-0.3, -0.25) is 0 Å². The largest absolute Gasteiger partial charge is 0.496 e. The maximum atomic E-state index is 12.5. The molecule has 1 aromatic rings. The lowest BCUT2D eigenvalue weighted by atomic mass is 10.2. The van der Waals surface area contributed by atoms with Gasteiger partial charge in [0.2, 0.25) is 0 Å². The van der Waals surface area contributed by atoms with Crippen molar-refractivity contribution >= 4 is 27.5 Å². The summed E-state index contributed by atoms with van der Waals surface area (Å²) in [5.74, 6) is 0.0943. The Morgan fingerprint density at radius 2 is 2.29 bits per heavy atom. The zero-order chi connectivity index (χ0) is 10.7. The van der Waals surface area contributed by atoms with E-state index in [0.717, 1.165) is 6.20 Å². The first-order valence-electron chi connectivity index (χ1n) is 3.67. The Kier molecular flexibility index (Phi) is 4.07. The molecule has 14 heavy (non-hydrogen) atoms. The normalized spacial score (nSPS) is 10.7. The van der Waals surface area contributed by atoms with E-state index in [-0.39, 0.29) is 16.5 Å². The summed E-state index contributed by atoms with van der Waals surface area (Å²) in [5, 5.41) is 0.492. The summed E-state index contributed by atoms with van der Waals surface area (Å²) in [6.07, 6.45) is -1.59. The van der Waals surface area contributed by atoms with Gasteiger partial charge in [0, 0.05) is 17.1 Å². The molecule has 0 N–H and O–H groups in total. The van der Waals surface area contributed by atoms with Gasteiger partial charge in [0.25, 0.3) is 6.43 Å². The maximum Gasteiger partial charge on any atom is 0.268 e. The summed E-state index contributed by atoms with van der Waals surface area (Å²) in [6, 6.07) is 0. The molecular weight excluding hydrogens is 279 g/mol. The Balaban J connectivity index is 3.33. The molecule has 0 aromatic carbocycles. The van der Waals surface area contributed by atoms with E-state index in [2.05, 4.69) is 20.9 Å². The monoisotopic (exact) mass is 285 g/mol. The van der Waals surface area contributed by atoms with Crippen LogP contribution in [0.25, 0.3) is 0 Å². The first kappa shape index (κ1) is 11.7. The molecule has 0 aliphatic carbocycles. The van der Waals surface area contributed by atoms with Crippen LogP contribution in [0, 0.1) is 0 Å². The molecule has 0 radical (unpaired) electrons. The summed E-state index contributed by atoms with van der Waals surface area (Å²) in [6.45, 7) is 0. The van der Waals surface area contributed by atoms with Gasteiger partial charge in [-0.15, -0.1) is 0 Å². The van der Waals surface area contributed by atoms with Crippen LogP contribution in [0.15, 0.2) is 6.20 Å². The molecule has 6 heteroatoms. The average molecular weight is 287 g/mol. The molecule has 0 aliphatic heterocycles. The Hall–Kier alpha value is -0.420. The Labute approximate surface area is 93.4 Å². The molecule has 1 heterocycles. The number of aromatic nitrogens is 1. The smallest absolute Gasteiger partial charge is 0.268 e. The third kappa shape index (κ3) is 2.15. The van der Waals surface area contributed by atoms with E-state index in [0.29, 0.717) is 10.9 Å². The average Bonchev–Trinajstić information content (AvgIpc) is 2.16. The van der Waals surface area contributed by atoms with E-state index in [1.54, 1.807) is 0 Å². The first-order valence-corrected chi connectivity index (χ1v) is 5.17. The predicted molar refractivity (Wildman–Crippen MR) is 53.4 cm³/mol. The number of alkyl halides is 3. The van der Waals surface area contributed by atoms with Crippen LogP contribution in [-0.2, 0) is 5.33 Å². The number of hydrogen-bond acceptors (Lipinski definition) is 2. The number of halogens is 4. The molecule has 0 fully saturated rings. The minimum atomic E-state index is -2.62. The van der Waals surface area contributed by atoms with Gasteiger partial charge in [-0.2, -0.15) is 0 Å². The van der Waals surface area contributed by atoms with Crippen LogP contribution in [0.1, 0.15) is 17.6 Å². The first-order chi connectivity index (χ1) is 6.61. The maximum absolute atomic E-state index is 12.5. The van der Waals surface area contributed by atoms with Gasteiger partial charge in [-0.1, -0.05) is 27.5 Å². The predicted octanol–water partition coefficient (Wildman–Crippen LogP) is 3.58. The second-order valence-electron chi connectivity index (χ2n) is 2.45. The second kappa shape index (κ2) is 4.89. The number of rotatable bonds is 3. The summed E-state index contributed by atoms with van der Waals surface area (Å²) < 4.78 is 29.8. The fourth-order valence-corrected chi connectivity index (χ4v) is 1.93. The third-order valence-electron chi connectivity index (χ3n) is 1.68. The molecule has 0 atom stereocenters. The number of methoxy groups -OCH3 is 1. The summed E-state index contributed by atoms with van der Waals surface area (Å²) in [5.41, 5.74) is 0.193. The van der Waals surface area contributed by atoms with E-state index in [1.165, 1.54) is 7.11 Å². The molecule has 78 valence electrons. The van der Waals surface area contributed by atoms with Crippen LogP contribution >= 0.6 is 27.5 Å². The highest BCUT2D eigenvalue weighted by atomic mass is 79.9. The van der Waals surface area contributed by atoms with Crippen LogP contribution in [0.4, 0.5) is 8.78 Å². The zero-order valence-electron chi connectivity index (χ0n) is 7.23. The Morgan fingerprint density at radius 1 is 1.64 bits per heavy atom. The lowest BCUT2D eigenvalue weighted by molar-refractivity contribution is 0.146. The number of nitrogens with zero attached hydrogens (tertiary/aromatic N) is 1. The van der Waals surface area contributed by atoms with Gasteiger partial charge in [0.05, 0.1) is 12.7 Å². The van der Waals surface area contributed by atoms with Crippen LogP contribution in [-0.4, -0.2) is 12.1 Å². The molecule has 0 aliphatic rings. The summed E-state index contributed by atoms with van der Waals surface area (Å²) >= 11 is 8.85. The molecular formula is C8H7BrClF2NO. The van der Waals surface area contributed by atoms with E-state index < -0.39 is 6.43 Å². The minimum absolute atomic E-state index is 0.0943. The van der Waals surface area contributed by atoms with Crippen LogP contribution in [0.5, 0.6) is 5.75 Å². The van der Waals surface area contributed by atoms with Crippen molar-refractivity contribution in [1.82, 2.24) is 4.98 Å².